The average molecular weight is 312 g/mol. The molecule has 4 nitrogen and oxygen atoms in total. The van der Waals surface area contributed by atoms with Crippen LogP contribution in [0.5, 0.6) is 0 Å². The smallest absolute Gasteiger partial charge is 0.239 e. The molecule has 1 aromatic rings. The van der Waals surface area contributed by atoms with Crippen LogP contribution in [-0.2, 0) is 9.59 Å². The van der Waals surface area contributed by atoms with E-state index in [0.29, 0.717) is 0 Å². The summed E-state index contributed by atoms with van der Waals surface area (Å²) in [6, 6.07) is 3.49. The molecule has 2 amide bonds. The normalized spacial score (nSPS) is 21.7. The highest BCUT2D eigenvalue weighted by molar-refractivity contribution is 8.00. The lowest BCUT2D eigenvalue weighted by Crippen LogP contribution is -2.40. The second-order valence-corrected chi connectivity index (χ2v) is 6.26. The molecule has 1 saturated carbocycles. The van der Waals surface area contributed by atoms with E-state index in [4.69, 9.17) is 0 Å². The summed E-state index contributed by atoms with van der Waals surface area (Å²) in [7, 11) is 0. The van der Waals surface area contributed by atoms with Crippen molar-refractivity contribution in [1.82, 2.24) is 10.2 Å². The van der Waals surface area contributed by atoms with Gasteiger partial charge in [-0.1, -0.05) is 6.07 Å². The molecule has 112 valence electrons. The number of hydrogen-bond donors (Lipinski definition) is 1. The van der Waals surface area contributed by atoms with Crippen LogP contribution in [0.1, 0.15) is 23.8 Å². The molecule has 3 rings (SSSR count). The molecular formula is C14H14F2N2O2S. The van der Waals surface area contributed by atoms with Crippen LogP contribution in [0.25, 0.3) is 0 Å². The first-order valence-electron chi connectivity index (χ1n) is 6.70. The molecular weight excluding hydrogens is 298 g/mol. The third kappa shape index (κ3) is 3.18. The van der Waals surface area contributed by atoms with Crippen molar-refractivity contribution in [2.45, 2.75) is 24.3 Å². The van der Waals surface area contributed by atoms with E-state index >= 15 is 0 Å². The van der Waals surface area contributed by atoms with Crippen molar-refractivity contribution in [3.05, 3.63) is 35.4 Å². The maximum absolute atomic E-state index is 13.9. The molecule has 0 spiro atoms. The fraction of sp³-hybridized carbons (Fsp3) is 0.429. The van der Waals surface area contributed by atoms with E-state index in [2.05, 4.69) is 5.32 Å². The summed E-state index contributed by atoms with van der Waals surface area (Å²) in [6.45, 7) is -0.0934. The van der Waals surface area contributed by atoms with Crippen LogP contribution in [-0.4, -0.2) is 35.1 Å². The Balaban J connectivity index is 1.76. The molecule has 1 aliphatic carbocycles. The van der Waals surface area contributed by atoms with Crippen molar-refractivity contribution in [1.29, 1.82) is 0 Å². The summed E-state index contributed by atoms with van der Waals surface area (Å²) in [4.78, 5) is 25.1. The van der Waals surface area contributed by atoms with Gasteiger partial charge in [0.15, 0.2) is 0 Å². The fourth-order valence-electron chi connectivity index (χ4n) is 2.24. The standard InChI is InChI=1S/C14H14F2N2O2S/c15-8-1-4-10(11(16)5-8)14-18(13(20)7-21-14)6-12(19)17-9-2-3-9/h1,4-5,9,14H,2-3,6-7H2,(H,17,19). The summed E-state index contributed by atoms with van der Waals surface area (Å²) in [5.74, 6) is -1.61. The van der Waals surface area contributed by atoms with Crippen molar-refractivity contribution in [2.75, 3.05) is 12.3 Å². The Morgan fingerprint density at radius 2 is 2.14 bits per heavy atom. The summed E-state index contributed by atoms with van der Waals surface area (Å²) in [5.41, 5.74) is 0.228. The maximum atomic E-state index is 13.9. The first kappa shape index (κ1) is 14.3. The highest BCUT2D eigenvalue weighted by atomic mass is 32.2. The second-order valence-electron chi connectivity index (χ2n) is 5.19. The molecule has 2 fully saturated rings. The van der Waals surface area contributed by atoms with Gasteiger partial charge in [0, 0.05) is 17.7 Å². The number of carbonyl (C=O) groups is 2. The zero-order valence-electron chi connectivity index (χ0n) is 11.1. The zero-order chi connectivity index (χ0) is 15.0. The Hall–Kier alpha value is -1.63. The van der Waals surface area contributed by atoms with Crippen LogP contribution in [0.4, 0.5) is 8.78 Å². The van der Waals surface area contributed by atoms with Gasteiger partial charge in [-0.15, -0.1) is 11.8 Å². The summed E-state index contributed by atoms with van der Waals surface area (Å²) >= 11 is 1.24. The predicted octanol–water partition coefficient (Wildman–Crippen LogP) is 1.82. The number of halogens is 2. The third-order valence-electron chi connectivity index (χ3n) is 3.45. The molecule has 0 bridgehead atoms. The van der Waals surface area contributed by atoms with Gasteiger partial charge in [0.1, 0.15) is 23.6 Å². The van der Waals surface area contributed by atoms with E-state index in [-0.39, 0.29) is 35.7 Å². The van der Waals surface area contributed by atoms with Gasteiger partial charge in [0.05, 0.1) is 5.75 Å². The fourth-order valence-corrected chi connectivity index (χ4v) is 3.45. The summed E-state index contributed by atoms with van der Waals surface area (Å²) in [5, 5.41) is 2.22. The molecule has 0 radical (unpaired) electrons. The Labute approximate surface area is 124 Å². The van der Waals surface area contributed by atoms with Crippen molar-refractivity contribution < 1.29 is 18.4 Å². The van der Waals surface area contributed by atoms with Crippen molar-refractivity contribution in [3.8, 4) is 0 Å². The minimum absolute atomic E-state index is 0.0934. The van der Waals surface area contributed by atoms with Crippen LogP contribution in [0.15, 0.2) is 18.2 Å². The molecule has 7 heteroatoms. The van der Waals surface area contributed by atoms with Crippen LogP contribution >= 0.6 is 11.8 Å². The Morgan fingerprint density at radius 3 is 2.81 bits per heavy atom. The van der Waals surface area contributed by atoms with Crippen molar-refractivity contribution in [3.63, 3.8) is 0 Å². The SMILES string of the molecule is O=C(CN1C(=O)CSC1c1ccc(F)cc1F)NC1CC1. The van der Waals surface area contributed by atoms with Crippen LogP contribution in [0.3, 0.4) is 0 Å². The number of benzene rings is 1. The Morgan fingerprint density at radius 1 is 1.38 bits per heavy atom. The molecule has 1 aromatic carbocycles. The lowest BCUT2D eigenvalue weighted by Gasteiger charge is -2.24. The molecule has 1 N–H and O–H groups in total. The number of nitrogens with one attached hydrogen (secondary N) is 1. The first-order chi connectivity index (χ1) is 10.0. The summed E-state index contributed by atoms with van der Waals surface area (Å²) in [6.07, 6.45) is 1.93. The van der Waals surface area contributed by atoms with E-state index in [9.17, 15) is 18.4 Å². The number of nitrogens with zero attached hydrogens (tertiary/aromatic N) is 1. The van der Waals surface area contributed by atoms with E-state index in [1.54, 1.807) is 0 Å². The zero-order valence-corrected chi connectivity index (χ0v) is 12.0. The molecule has 21 heavy (non-hydrogen) atoms. The van der Waals surface area contributed by atoms with Crippen molar-refractivity contribution >= 4 is 23.6 Å². The second kappa shape index (κ2) is 5.63. The number of amides is 2. The minimum atomic E-state index is -0.699. The molecule has 1 heterocycles. The summed E-state index contributed by atoms with van der Waals surface area (Å²) < 4.78 is 26.8. The van der Waals surface area contributed by atoms with Gasteiger partial charge >= 0.3 is 0 Å². The molecule has 2 aliphatic rings. The van der Waals surface area contributed by atoms with Gasteiger partial charge in [-0.05, 0) is 18.9 Å². The van der Waals surface area contributed by atoms with Crippen molar-refractivity contribution in [2.24, 2.45) is 0 Å². The van der Waals surface area contributed by atoms with Crippen LogP contribution in [0.2, 0.25) is 0 Å². The Bertz CT molecular complexity index is 592. The van der Waals surface area contributed by atoms with E-state index in [1.807, 2.05) is 0 Å². The first-order valence-corrected chi connectivity index (χ1v) is 7.75. The number of carbonyl (C=O) groups excluding carboxylic acids is 2. The maximum Gasteiger partial charge on any atom is 0.239 e. The number of thioether (sulfide) groups is 1. The topological polar surface area (TPSA) is 49.4 Å². The lowest BCUT2D eigenvalue weighted by atomic mass is 10.2. The lowest BCUT2D eigenvalue weighted by molar-refractivity contribution is -0.133. The minimum Gasteiger partial charge on any atom is -0.352 e. The van der Waals surface area contributed by atoms with Gasteiger partial charge in [-0.3, -0.25) is 9.59 Å². The predicted molar refractivity (Wildman–Crippen MR) is 74.4 cm³/mol. The Kier molecular flexibility index (Phi) is 3.84. The van der Waals surface area contributed by atoms with Crippen LogP contribution in [0, 0.1) is 11.6 Å². The van der Waals surface area contributed by atoms with E-state index in [0.717, 1.165) is 25.0 Å². The van der Waals surface area contributed by atoms with E-state index < -0.39 is 17.0 Å². The third-order valence-corrected chi connectivity index (χ3v) is 4.69. The highest BCUT2D eigenvalue weighted by Gasteiger charge is 2.36. The van der Waals surface area contributed by atoms with Gasteiger partial charge in [-0.2, -0.15) is 0 Å². The highest BCUT2D eigenvalue weighted by Crippen LogP contribution is 2.39. The largest absolute Gasteiger partial charge is 0.352 e. The monoisotopic (exact) mass is 312 g/mol. The number of rotatable bonds is 4. The molecule has 1 atom stereocenters. The van der Waals surface area contributed by atoms with E-state index in [1.165, 1.54) is 22.7 Å². The molecule has 1 unspecified atom stereocenters. The van der Waals surface area contributed by atoms with Crippen LogP contribution < -0.4 is 5.32 Å². The quantitative estimate of drug-likeness (QED) is 0.922. The molecule has 1 aliphatic heterocycles. The molecule has 1 saturated heterocycles. The van der Waals surface area contributed by atoms with Gasteiger partial charge in [0.2, 0.25) is 11.8 Å². The average Bonchev–Trinajstić information content (AvgIpc) is 3.16. The molecule has 0 aromatic heterocycles. The van der Waals surface area contributed by atoms with Gasteiger partial charge < -0.3 is 10.2 Å². The number of hydrogen-bond acceptors (Lipinski definition) is 3. The van der Waals surface area contributed by atoms with Gasteiger partial charge in [0.25, 0.3) is 0 Å². The van der Waals surface area contributed by atoms with Gasteiger partial charge in [-0.25, -0.2) is 8.78 Å².